The van der Waals surface area contributed by atoms with Gasteiger partial charge in [0.05, 0.1) is 11.0 Å². The largest absolute Gasteiger partial charge is 0.393 e. The second-order valence-corrected chi connectivity index (χ2v) is 6.40. The fraction of sp³-hybridized carbons (Fsp3) is 0.455. The second-order valence-electron chi connectivity index (χ2n) is 3.92. The van der Waals surface area contributed by atoms with E-state index in [4.69, 9.17) is 16.7 Å². The number of aliphatic hydroxyl groups excluding tert-OH is 1. The summed E-state index contributed by atoms with van der Waals surface area (Å²) in [5.41, 5.74) is 0. The third-order valence-corrected chi connectivity index (χ3v) is 4.45. The smallest absolute Gasteiger partial charge is 0.242 e. The maximum atomic E-state index is 12.1. The zero-order valence-corrected chi connectivity index (χ0v) is 11.4. The molecule has 1 aromatic rings. The monoisotopic (exact) mass is 277 g/mol. The van der Waals surface area contributed by atoms with Gasteiger partial charge >= 0.3 is 0 Å². The number of hydrogen-bond acceptors (Lipinski definition) is 3. The van der Waals surface area contributed by atoms with Gasteiger partial charge in [-0.2, -0.15) is 0 Å². The van der Waals surface area contributed by atoms with Crippen LogP contribution in [0.15, 0.2) is 29.2 Å². The molecule has 1 aromatic carbocycles. The molecule has 0 amide bonds. The third kappa shape index (κ3) is 3.96. The third-order valence-electron chi connectivity index (χ3n) is 2.37. The van der Waals surface area contributed by atoms with Crippen LogP contribution in [0, 0.1) is 0 Å². The van der Waals surface area contributed by atoms with Crippen molar-refractivity contribution in [3.8, 4) is 0 Å². The van der Waals surface area contributed by atoms with Crippen LogP contribution in [0.4, 0.5) is 0 Å². The molecule has 1 rings (SSSR count). The standard InChI is InChI=1S/C11H16ClNO3S/c1-9(14)6-7-13(2)17(15,16)11-5-3-4-10(12)8-11/h3-5,8-9,14H,6-7H2,1-2H3. The quantitative estimate of drug-likeness (QED) is 0.892. The molecule has 0 aliphatic rings. The molecule has 0 aliphatic carbocycles. The first-order valence-corrected chi connectivity index (χ1v) is 7.06. The van der Waals surface area contributed by atoms with Gasteiger partial charge in [0.2, 0.25) is 10.0 Å². The average molecular weight is 278 g/mol. The lowest BCUT2D eigenvalue weighted by Crippen LogP contribution is -2.29. The fourth-order valence-corrected chi connectivity index (χ4v) is 2.78. The Bertz CT molecular complexity index is 473. The summed E-state index contributed by atoms with van der Waals surface area (Å²) in [7, 11) is -2.03. The number of halogens is 1. The lowest BCUT2D eigenvalue weighted by molar-refractivity contribution is 0.177. The molecule has 0 bridgehead atoms. The number of hydrogen-bond donors (Lipinski definition) is 1. The molecule has 0 spiro atoms. The Morgan fingerprint density at radius 1 is 1.47 bits per heavy atom. The lowest BCUT2D eigenvalue weighted by Gasteiger charge is -2.18. The number of aliphatic hydroxyl groups is 1. The summed E-state index contributed by atoms with van der Waals surface area (Å²) < 4.78 is 25.4. The number of nitrogens with zero attached hydrogens (tertiary/aromatic N) is 1. The van der Waals surface area contributed by atoms with Crippen LogP contribution >= 0.6 is 11.6 Å². The topological polar surface area (TPSA) is 57.6 Å². The normalized spacial score (nSPS) is 13.9. The summed E-state index contributed by atoms with van der Waals surface area (Å²) in [5.74, 6) is 0. The molecule has 17 heavy (non-hydrogen) atoms. The van der Waals surface area contributed by atoms with Crippen LogP contribution in [0.25, 0.3) is 0 Å². The molecule has 4 nitrogen and oxygen atoms in total. The van der Waals surface area contributed by atoms with Gasteiger partial charge in [-0.25, -0.2) is 12.7 Å². The van der Waals surface area contributed by atoms with E-state index in [1.165, 1.54) is 23.5 Å². The lowest BCUT2D eigenvalue weighted by atomic mass is 10.3. The molecule has 1 N–H and O–H groups in total. The zero-order valence-electron chi connectivity index (χ0n) is 9.80. The summed E-state index contributed by atoms with van der Waals surface area (Å²) in [6.07, 6.45) is -0.122. The van der Waals surface area contributed by atoms with Crippen molar-refractivity contribution in [1.29, 1.82) is 0 Å². The first kappa shape index (κ1) is 14.4. The van der Waals surface area contributed by atoms with Crippen molar-refractivity contribution in [2.24, 2.45) is 0 Å². The van der Waals surface area contributed by atoms with E-state index in [0.29, 0.717) is 11.4 Å². The first-order chi connectivity index (χ1) is 7.84. The predicted molar refractivity (Wildman–Crippen MR) is 67.6 cm³/mol. The molecular formula is C11H16ClNO3S. The molecular weight excluding hydrogens is 262 g/mol. The number of sulfonamides is 1. The van der Waals surface area contributed by atoms with Crippen LogP contribution < -0.4 is 0 Å². The minimum Gasteiger partial charge on any atom is -0.393 e. The fourth-order valence-electron chi connectivity index (χ4n) is 1.30. The van der Waals surface area contributed by atoms with Crippen LogP contribution in [0.3, 0.4) is 0 Å². The highest BCUT2D eigenvalue weighted by molar-refractivity contribution is 7.89. The van der Waals surface area contributed by atoms with Gasteiger partial charge in [-0.15, -0.1) is 0 Å². The Morgan fingerprint density at radius 2 is 2.12 bits per heavy atom. The van der Waals surface area contributed by atoms with Crippen molar-refractivity contribution in [2.45, 2.75) is 24.3 Å². The van der Waals surface area contributed by atoms with Crippen molar-refractivity contribution < 1.29 is 13.5 Å². The molecule has 1 atom stereocenters. The Morgan fingerprint density at radius 3 is 2.65 bits per heavy atom. The second kappa shape index (κ2) is 5.82. The van der Waals surface area contributed by atoms with E-state index < -0.39 is 16.1 Å². The summed E-state index contributed by atoms with van der Waals surface area (Å²) in [5, 5.41) is 9.52. The molecule has 0 aliphatic heterocycles. The summed E-state index contributed by atoms with van der Waals surface area (Å²) in [6, 6.07) is 6.13. The van der Waals surface area contributed by atoms with E-state index in [2.05, 4.69) is 0 Å². The molecule has 0 aromatic heterocycles. The minimum atomic E-state index is -3.52. The predicted octanol–water partition coefficient (Wildman–Crippen LogP) is 1.73. The van der Waals surface area contributed by atoms with Crippen LogP contribution in [-0.4, -0.2) is 37.5 Å². The highest BCUT2D eigenvalue weighted by Gasteiger charge is 2.20. The van der Waals surface area contributed by atoms with Crippen molar-refractivity contribution in [3.63, 3.8) is 0 Å². The molecule has 6 heteroatoms. The Kier molecular flexibility index (Phi) is 4.94. The maximum absolute atomic E-state index is 12.1. The van der Waals surface area contributed by atoms with Gasteiger partial charge in [0, 0.05) is 18.6 Å². The number of benzene rings is 1. The SMILES string of the molecule is CC(O)CCN(C)S(=O)(=O)c1cccc(Cl)c1. The highest BCUT2D eigenvalue weighted by atomic mass is 35.5. The Hall–Kier alpha value is -0.620. The highest BCUT2D eigenvalue weighted by Crippen LogP contribution is 2.18. The summed E-state index contributed by atoms with van der Waals surface area (Å²) >= 11 is 5.76. The minimum absolute atomic E-state index is 0.165. The molecule has 0 saturated carbocycles. The average Bonchev–Trinajstić information content (AvgIpc) is 2.25. The van der Waals surface area contributed by atoms with Crippen molar-refractivity contribution in [3.05, 3.63) is 29.3 Å². The molecule has 0 heterocycles. The Labute approximate surface area is 107 Å². The number of rotatable bonds is 5. The van der Waals surface area contributed by atoms with Gasteiger partial charge in [-0.1, -0.05) is 17.7 Å². The van der Waals surface area contributed by atoms with Crippen LogP contribution in [0.1, 0.15) is 13.3 Å². The van der Waals surface area contributed by atoms with Crippen LogP contribution in [-0.2, 0) is 10.0 Å². The molecule has 0 fully saturated rings. The van der Waals surface area contributed by atoms with E-state index in [-0.39, 0.29) is 11.4 Å². The Balaban J connectivity index is 2.88. The van der Waals surface area contributed by atoms with Gasteiger partial charge in [-0.05, 0) is 31.5 Å². The van der Waals surface area contributed by atoms with E-state index in [0.717, 1.165) is 0 Å². The van der Waals surface area contributed by atoms with Gasteiger partial charge in [0.1, 0.15) is 0 Å². The maximum Gasteiger partial charge on any atom is 0.242 e. The van der Waals surface area contributed by atoms with E-state index >= 15 is 0 Å². The molecule has 96 valence electrons. The summed E-state index contributed by atoms with van der Waals surface area (Å²) in [4.78, 5) is 0.165. The first-order valence-electron chi connectivity index (χ1n) is 5.24. The van der Waals surface area contributed by atoms with Gasteiger partial charge < -0.3 is 5.11 Å². The van der Waals surface area contributed by atoms with Gasteiger partial charge in [0.25, 0.3) is 0 Å². The van der Waals surface area contributed by atoms with Gasteiger partial charge in [-0.3, -0.25) is 0 Å². The molecule has 0 saturated heterocycles. The van der Waals surface area contributed by atoms with Crippen molar-refractivity contribution >= 4 is 21.6 Å². The van der Waals surface area contributed by atoms with E-state index in [1.54, 1.807) is 19.1 Å². The van der Waals surface area contributed by atoms with Crippen molar-refractivity contribution in [1.82, 2.24) is 4.31 Å². The molecule has 1 unspecified atom stereocenters. The van der Waals surface area contributed by atoms with E-state index in [1.807, 2.05) is 0 Å². The summed E-state index contributed by atoms with van der Waals surface area (Å²) in [6.45, 7) is 1.90. The van der Waals surface area contributed by atoms with Gasteiger partial charge in [0.15, 0.2) is 0 Å². The van der Waals surface area contributed by atoms with Crippen molar-refractivity contribution in [2.75, 3.05) is 13.6 Å². The van der Waals surface area contributed by atoms with Crippen LogP contribution in [0.5, 0.6) is 0 Å². The van der Waals surface area contributed by atoms with Crippen LogP contribution in [0.2, 0.25) is 5.02 Å². The molecule has 0 radical (unpaired) electrons. The zero-order chi connectivity index (χ0) is 13.1. The van der Waals surface area contributed by atoms with E-state index in [9.17, 15) is 8.42 Å².